The normalized spacial score (nSPS) is 21.2. The van der Waals surface area contributed by atoms with Gasteiger partial charge in [-0.15, -0.1) is 0 Å². The molecule has 1 aliphatic heterocycles. The Bertz CT molecular complexity index is 426. The van der Waals surface area contributed by atoms with Gasteiger partial charge in [-0.3, -0.25) is 14.6 Å². The van der Waals surface area contributed by atoms with Crippen molar-refractivity contribution in [1.29, 1.82) is 0 Å². The van der Waals surface area contributed by atoms with Crippen LogP contribution in [0.5, 0.6) is 0 Å². The molecule has 0 aromatic rings. The van der Waals surface area contributed by atoms with E-state index in [1.54, 1.807) is 6.92 Å². The van der Waals surface area contributed by atoms with Crippen LogP contribution >= 0.6 is 0 Å². The third kappa shape index (κ3) is 6.08. The summed E-state index contributed by atoms with van der Waals surface area (Å²) in [6.45, 7) is 8.94. The molecule has 7 nitrogen and oxygen atoms in total. The lowest BCUT2D eigenvalue weighted by atomic mass is 9.99. The van der Waals surface area contributed by atoms with Gasteiger partial charge in [0.15, 0.2) is 5.96 Å². The van der Waals surface area contributed by atoms with E-state index in [2.05, 4.69) is 15.2 Å². The van der Waals surface area contributed by atoms with Crippen LogP contribution in [0.3, 0.4) is 0 Å². The molecule has 0 aromatic heterocycles. The SMILES string of the molecule is CCNC(=NCCCC(=O)OCC)N1CC(C)C(C(=O)OC)C1. The van der Waals surface area contributed by atoms with E-state index in [0.717, 1.165) is 19.0 Å². The molecule has 0 aromatic carbocycles. The number of hydrogen-bond acceptors (Lipinski definition) is 5. The lowest BCUT2D eigenvalue weighted by molar-refractivity contribution is -0.146. The maximum Gasteiger partial charge on any atom is 0.310 e. The maximum atomic E-state index is 11.8. The molecule has 1 rings (SSSR count). The second-order valence-corrected chi connectivity index (χ2v) is 5.66. The van der Waals surface area contributed by atoms with Crippen LogP contribution in [0.25, 0.3) is 0 Å². The van der Waals surface area contributed by atoms with Gasteiger partial charge in [0.05, 0.1) is 19.6 Å². The topological polar surface area (TPSA) is 80.2 Å². The molecule has 0 saturated carbocycles. The number of hydrogen-bond donors (Lipinski definition) is 1. The fraction of sp³-hybridized carbons (Fsp3) is 0.812. The Balaban J connectivity index is 2.55. The molecule has 2 unspecified atom stereocenters. The molecule has 1 fully saturated rings. The number of rotatable bonds is 7. The van der Waals surface area contributed by atoms with Crippen LogP contribution in [0.4, 0.5) is 0 Å². The molecule has 1 aliphatic rings. The number of carbonyl (C=O) groups excluding carboxylic acids is 2. The predicted molar refractivity (Wildman–Crippen MR) is 88.1 cm³/mol. The highest BCUT2D eigenvalue weighted by Crippen LogP contribution is 2.24. The molecule has 1 heterocycles. The van der Waals surface area contributed by atoms with E-state index in [1.165, 1.54) is 7.11 Å². The van der Waals surface area contributed by atoms with Gasteiger partial charge >= 0.3 is 11.9 Å². The van der Waals surface area contributed by atoms with E-state index >= 15 is 0 Å². The summed E-state index contributed by atoms with van der Waals surface area (Å²) in [6.07, 6.45) is 1.02. The summed E-state index contributed by atoms with van der Waals surface area (Å²) < 4.78 is 9.76. The summed E-state index contributed by atoms with van der Waals surface area (Å²) in [5.41, 5.74) is 0. The van der Waals surface area contributed by atoms with Gasteiger partial charge in [0, 0.05) is 32.6 Å². The highest BCUT2D eigenvalue weighted by molar-refractivity contribution is 5.82. The second kappa shape index (κ2) is 10.1. The van der Waals surface area contributed by atoms with E-state index in [4.69, 9.17) is 9.47 Å². The highest BCUT2D eigenvalue weighted by Gasteiger charge is 2.36. The number of guanidine groups is 1. The van der Waals surface area contributed by atoms with Crippen molar-refractivity contribution in [2.24, 2.45) is 16.8 Å². The van der Waals surface area contributed by atoms with Crippen molar-refractivity contribution < 1.29 is 19.1 Å². The van der Waals surface area contributed by atoms with Gasteiger partial charge in [0.1, 0.15) is 0 Å². The number of likely N-dealkylation sites (tertiary alicyclic amines) is 1. The number of carbonyl (C=O) groups is 2. The van der Waals surface area contributed by atoms with Gasteiger partial charge in [-0.05, 0) is 26.2 Å². The van der Waals surface area contributed by atoms with E-state index in [-0.39, 0.29) is 23.8 Å². The smallest absolute Gasteiger partial charge is 0.310 e. The Kier molecular flexibility index (Phi) is 8.43. The average molecular weight is 327 g/mol. The number of esters is 2. The van der Waals surface area contributed by atoms with Gasteiger partial charge in [-0.1, -0.05) is 6.92 Å². The lowest BCUT2D eigenvalue weighted by Gasteiger charge is -2.21. The average Bonchev–Trinajstić information content (AvgIpc) is 2.91. The zero-order valence-corrected chi connectivity index (χ0v) is 14.6. The largest absolute Gasteiger partial charge is 0.469 e. The Morgan fingerprint density at radius 2 is 2.04 bits per heavy atom. The number of nitrogens with one attached hydrogen (secondary N) is 1. The summed E-state index contributed by atoms with van der Waals surface area (Å²) in [6, 6.07) is 0. The third-order valence-electron chi connectivity index (χ3n) is 3.86. The minimum Gasteiger partial charge on any atom is -0.469 e. The molecule has 0 aliphatic carbocycles. The summed E-state index contributed by atoms with van der Waals surface area (Å²) in [4.78, 5) is 29.7. The Hall–Kier alpha value is -1.79. The van der Waals surface area contributed by atoms with Crippen molar-refractivity contribution in [2.75, 3.05) is 39.9 Å². The van der Waals surface area contributed by atoms with E-state index < -0.39 is 0 Å². The number of aliphatic imine (C=N–C) groups is 1. The van der Waals surface area contributed by atoms with Crippen molar-refractivity contribution >= 4 is 17.9 Å². The van der Waals surface area contributed by atoms with E-state index in [0.29, 0.717) is 32.5 Å². The molecule has 0 amide bonds. The van der Waals surface area contributed by atoms with Gasteiger partial charge in [-0.2, -0.15) is 0 Å². The molecule has 1 saturated heterocycles. The zero-order chi connectivity index (χ0) is 17.2. The first-order valence-electron chi connectivity index (χ1n) is 8.30. The number of methoxy groups -OCH3 is 1. The molecular formula is C16H29N3O4. The molecule has 0 radical (unpaired) electrons. The number of nitrogens with zero attached hydrogens (tertiary/aromatic N) is 2. The van der Waals surface area contributed by atoms with Crippen molar-refractivity contribution in [3.63, 3.8) is 0 Å². The first-order chi connectivity index (χ1) is 11.0. The van der Waals surface area contributed by atoms with Crippen molar-refractivity contribution in [1.82, 2.24) is 10.2 Å². The number of ether oxygens (including phenoxy) is 2. The predicted octanol–water partition coefficient (Wildman–Crippen LogP) is 1.04. The maximum absolute atomic E-state index is 11.8. The molecule has 0 bridgehead atoms. The molecule has 7 heteroatoms. The van der Waals surface area contributed by atoms with Crippen LogP contribution in [0.1, 0.15) is 33.6 Å². The molecule has 2 atom stereocenters. The Morgan fingerprint density at radius 3 is 2.65 bits per heavy atom. The second-order valence-electron chi connectivity index (χ2n) is 5.66. The molecular weight excluding hydrogens is 298 g/mol. The van der Waals surface area contributed by atoms with Gasteiger partial charge in [0.2, 0.25) is 0 Å². The summed E-state index contributed by atoms with van der Waals surface area (Å²) >= 11 is 0. The van der Waals surface area contributed by atoms with Crippen LogP contribution in [0, 0.1) is 11.8 Å². The first kappa shape index (κ1) is 19.3. The standard InChI is InChI=1S/C16H29N3O4/c1-5-17-16(18-9-7-8-14(20)23-6-2)19-10-12(3)13(11-19)15(21)22-4/h12-13H,5-11H2,1-4H3,(H,17,18). The quantitative estimate of drug-likeness (QED) is 0.326. The summed E-state index contributed by atoms with van der Waals surface area (Å²) in [7, 11) is 1.42. The van der Waals surface area contributed by atoms with Crippen LogP contribution in [0.2, 0.25) is 0 Å². The lowest BCUT2D eigenvalue weighted by Crippen LogP contribution is -2.40. The highest BCUT2D eigenvalue weighted by atomic mass is 16.5. The van der Waals surface area contributed by atoms with Crippen molar-refractivity contribution in [2.45, 2.75) is 33.6 Å². The summed E-state index contributed by atoms with van der Waals surface area (Å²) in [5, 5.41) is 3.24. The fourth-order valence-electron chi connectivity index (χ4n) is 2.67. The zero-order valence-electron chi connectivity index (χ0n) is 14.6. The molecule has 132 valence electrons. The van der Waals surface area contributed by atoms with Crippen LogP contribution < -0.4 is 5.32 Å². The van der Waals surface area contributed by atoms with Crippen molar-refractivity contribution in [3.05, 3.63) is 0 Å². The minimum absolute atomic E-state index is 0.122. The van der Waals surface area contributed by atoms with Crippen LogP contribution in [0.15, 0.2) is 4.99 Å². The van der Waals surface area contributed by atoms with E-state index in [9.17, 15) is 9.59 Å². The monoisotopic (exact) mass is 327 g/mol. The third-order valence-corrected chi connectivity index (χ3v) is 3.86. The fourth-order valence-corrected chi connectivity index (χ4v) is 2.67. The Labute approximate surface area is 138 Å². The molecule has 1 N–H and O–H groups in total. The van der Waals surface area contributed by atoms with Crippen LogP contribution in [-0.4, -0.2) is 62.7 Å². The summed E-state index contributed by atoms with van der Waals surface area (Å²) in [5.74, 6) is 0.537. The van der Waals surface area contributed by atoms with Crippen LogP contribution in [-0.2, 0) is 19.1 Å². The van der Waals surface area contributed by atoms with Gasteiger partial charge in [-0.25, -0.2) is 0 Å². The Morgan fingerprint density at radius 1 is 1.30 bits per heavy atom. The van der Waals surface area contributed by atoms with Gasteiger partial charge < -0.3 is 19.7 Å². The first-order valence-corrected chi connectivity index (χ1v) is 8.30. The van der Waals surface area contributed by atoms with Gasteiger partial charge in [0.25, 0.3) is 0 Å². The van der Waals surface area contributed by atoms with Crippen molar-refractivity contribution in [3.8, 4) is 0 Å². The molecule has 23 heavy (non-hydrogen) atoms. The minimum atomic E-state index is -0.187. The van der Waals surface area contributed by atoms with E-state index in [1.807, 2.05) is 13.8 Å². The molecule has 0 spiro atoms.